The zero-order chi connectivity index (χ0) is 22.1. The molecule has 0 amide bonds. The number of rotatable bonds is 8. The van der Waals surface area contributed by atoms with Crippen molar-refractivity contribution < 1.29 is 18.3 Å². The van der Waals surface area contributed by atoms with Crippen LogP contribution >= 0.6 is 0 Å². The Morgan fingerprint density at radius 3 is 2.55 bits per heavy atom. The Labute approximate surface area is 182 Å². The predicted octanol–water partition coefficient (Wildman–Crippen LogP) is 2.75. The van der Waals surface area contributed by atoms with E-state index in [4.69, 9.17) is 9.47 Å². The third-order valence-electron chi connectivity index (χ3n) is 5.37. The van der Waals surface area contributed by atoms with Crippen LogP contribution in [-0.2, 0) is 11.2 Å². The highest BCUT2D eigenvalue weighted by Crippen LogP contribution is 2.23. The molecule has 6 nitrogen and oxygen atoms in total. The van der Waals surface area contributed by atoms with Crippen molar-refractivity contribution >= 4 is 5.96 Å². The van der Waals surface area contributed by atoms with Gasteiger partial charge in [-0.15, -0.1) is 0 Å². The summed E-state index contributed by atoms with van der Waals surface area (Å²) in [5, 5.41) is 6.54. The van der Waals surface area contributed by atoms with Gasteiger partial charge in [-0.2, -0.15) is 0 Å². The number of nitrogens with one attached hydrogen (secondary N) is 2. The number of morpholine rings is 1. The van der Waals surface area contributed by atoms with Gasteiger partial charge in [0, 0.05) is 33.2 Å². The van der Waals surface area contributed by atoms with E-state index in [9.17, 15) is 8.78 Å². The SMILES string of the molecule is CN=C(NCCc1cc(F)ccc1F)NCC(c1ccc(OC)cc1)N1CCOCC1. The van der Waals surface area contributed by atoms with Crippen molar-refractivity contribution in [2.75, 3.05) is 53.6 Å². The quantitative estimate of drug-likeness (QED) is 0.496. The van der Waals surface area contributed by atoms with Crippen LogP contribution in [0, 0.1) is 11.6 Å². The molecule has 3 rings (SSSR count). The molecular weight excluding hydrogens is 402 g/mol. The summed E-state index contributed by atoms with van der Waals surface area (Å²) < 4.78 is 37.9. The Hall–Kier alpha value is -2.71. The lowest BCUT2D eigenvalue weighted by molar-refractivity contribution is 0.0170. The molecule has 2 N–H and O–H groups in total. The first-order chi connectivity index (χ1) is 15.1. The van der Waals surface area contributed by atoms with Crippen LogP contribution in [0.1, 0.15) is 17.2 Å². The smallest absolute Gasteiger partial charge is 0.191 e. The zero-order valence-electron chi connectivity index (χ0n) is 18.0. The molecule has 2 aromatic rings. The molecule has 1 atom stereocenters. The van der Waals surface area contributed by atoms with Crippen molar-refractivity contribution in [2.45, 2.75) is 12.5 Å². The summed E-state index contributed by atoms with van der Waals surface area (Å²) in [6.45, 7) is 4.19. The lowest BCUT2D eigenvalue weighted by Gasteiger charge is -2.35. The number of aliphatic imine (C=N–C) groups is 1. The number of hydrogen-bond donors (Lipinski definition) is 2. The number of benzene rings is 2. The molecule has 1 unspecified atom stereocenters. The highest BCUT2D eigenvalue weighted by molar-refractivity contribution is 5.79. The van der Waals surface area contributed by atoms with Crippen LogP contribution in [0.2, 0.25) is 0 Å². The number of ether oxygens (including phenoxy) is 2. The van der Waals surface area contributed by atoms with E-state index >= 15 is 0 Å². The van der Waals surface area contributed by atoms with Gasteiger partial charge in [-0.05, 0) is 47.9 Å². The van der Waals surface area contributed by atoms with Gasteiger partial charge < -0.3 is 20.1 Å². The van der Waals surface area contributed by atoms with E-state index in [2.05, 4.69) is 32.7 Å². The monoisotopic (exact) mass is 432 g/mol. The second kappa shape index (κ2) is 11.6. The molecule has 8 heteroatoms. The molecule has 31 heavy (non-hydrogen) atoms. The molecule has 0 spiro atoms. The van der Waals surface area contributed by atoms with Crippen LogP contribution < -0.4 is 15.4 Å². The maximum absolute atomic E-state index is 13.8. The van der Waals surface area contributed by atoms with E-state index in [-0.39, 0.29) is 6.04 Å². The fourth-order valence-electron chi connectivity index (χ4n) is 3.64. The summed E-state index contributed by atoms with van der Waals surface area (Å²) in [5.74, 6) is 0.591. The molecule has 168 valence electrons. The lowest BCUT2D eigenvalue weighted by atomic mass is 10.0. The van der Waals surface area contributed by atoms with Gasteiger partial charge in [-0.25, -0.2) is 8.78 Å². The van der Waals surface area contributed by atoms with Gasteiger partial charge >= 0.3 is 0 Å². The molecular formula is C23H30F2N4O2. The van der Waals surface area contributed by atoms with Gasteiger partial charge in [0.1, 0.15) is 17.4 Å². The zero-order valence-corrected chi connectivity index (χ0v) is 18.0. The third-order valence-corrected chi connectivity index (χ3v) is 5.37. The number of halogens is 2. The number of guanidine groups is 1. The van der Waals surface area contributed by atoms with Crippen LogP contribution in [0.3, 0.4) is 0 Å². The maximum atomic E-state index is 13.8. The van der Waals surface area contributed by atoms with Gasteiger partial charge in [0.2, 0.25) is 0 Å². The first-order valence-corrected chi connectivity index (χ1v) is 10.4. The molecule has 1 heterocycles. The van der Waals surface area contributed by atoms with E-state index in [0.717, 1.165) is 31.0 Å². The summed E-state index contributed by atoms with van der Waals surface area (Å²) in [4.78, 5) is 6.64. The molecule has 1 fully saturated rings. The largest absolute Gasteiger partial charge is 0.497 e. The predicted molar refractivity (Wildman–Crippen MR) is 118 cm³/mol. The fraction of sp³-hybridized carbons (Fsp3) is 0.435. The molecule has 0 aromatic heterocycles. The highest BCUT2D eigenvalue weighted by atomic mass is 19.1. The van der Waals surface area contributed by atoms with Crippen molar-refractivity contribution in [2.24, 2.45) is 4.99 Å². The third kappa shape index (κ3) is 6.63. The van der Waals surface area contributed by atoms with E-state index in [1.54, 1.807) is 14.2 Å². The molecule has 0 radical (unpaired) electrons. The van der Waals surface area contributed by atoms with E-state index in [0.29, 0.717) is 44.2 Å². The Bertz CT molecular complexity index is 855. The Morgan fingerprint density at radius 1 is 1.13 bits per heavy atom. The molecule has 1 saturated heterocycles. The standard InChI is InChI=1S/C23H30F2N4O2/c1-26-23(27-10-9-18-15-19(24)5-8-21(18)25)28-16-22(29-11-13-31-14-12-29)17-3-6-20(30-2)7-4-17/h3-8,15,22H,9-14,16H2,1-2H3,(H2,26,27,28). The van der Waals surface area contributed by atoms with Crippen LogP contribution in [0.5, 0.6) is 5.75 Å². The summed E-state index contributed by atoms with van der Waals surface area (Å²) >= 11 is 0. The molecule has 1 aliphatic heterocycles. The Balaban J connectivity index is 1.59. The second-order valence-electron chi connectivity index (χ2n) is 7.30. The summed E-state index contributed by atoms with van der Waals surface area (Å²) in [5.41, 5.74) is 1.51. The van der Waals surface area contributed by atoms with Crippen molar-refractivity contribution in [1.29, 1.82) is 0 Å². The van der Waals surface area contributed by atoms with Gasteiger partial charge in [-0.3, -0.25) is 9.89 Å². The van der Waals surface area contributed by atoms with Crippen molar-refractivity contribution in [3.05, 3.63) is 65.2 Å². The highest BCUT2D eigenvalue weighted by Gasteiger charge is 2.23. The fourth-order valence-corrected chi connectivity index (χ4v) is 3.64. The van der Waals surface area contributed by atoms with Gasteiger partial charge in [-0.1, -0.05) is 12.1 Å². The molecule has 2 aromatic carbocycles. The first-order valence-electron chi connectivity index (χ1n) is 10.4. The maximum Gasteiger partial charge on any atom is 0.191 e. The van der Waals surface area contributed by atoms with E-state index in [1.807, 2.05) is 12.1 Å². The Morgan fingerprint density at radius 2 is 1.87 bits per heavy atom. The van der Waals surface area contributed by atoms with Gasteiger partial charge in [0.25, 0.3) is 0 Å². The number of methoxy groups -OCH3 is 1. The number of hydrogen-bond acceptors (Lipinski definition) is 4. The second-order valence-corrected chi connectivity index (χ2v) is 7.30. The van der Waals surface area contributed by atoms with Crippen molar-refractivity contribution in [3.63, 3.8) is 0 Å². The van der Waals surface area contributed by atoms with Crippen LogP contribution in [-0.4, -0.2) is 64.4 Å². The normalized spacial score (nSPS) is 16.1. The Kier molecular flexibility index (Phi) is 8.61. The van der Waals surface area contributed by atoms with E-state index in [1.165, 1.54) is 11.6 Å². The van der Waals surface area contributed by atoms with Gasteiger partial charge in [0.15, 0.2) is 5.96 Å². The summed E-state index contributed by atoms with van der Waals surface area (Å²) in [6, 6.07) is 11.7. The minimum absolute atomic E-state index is 0.133. The van der Waals surface area contributed by atoms with E-state index < -0.39 is 11.6 Å². The average molecular weight is 433 g/mol. The minimum Gasteiger partial charge on any atom is -0.497 e. The minimum atomic E-state index is -0.438. The van der Waals surface area contributed by atoms with Crippen LogP contribution in [0.25, 0.3) is 0 Å². The topological polar surface area (TPSA) is 58.1 Å². The molecule has 1 aliphatic rings. The summed E-state index contributed by atoms with van der Waals surface area (Å²) in [7, 11) is 3.34. The van der Waals surface area contributed by atoms with Gasteiger partial charge in [0.05, 0.1) is 26.4 Å². The van der Waals surface area contributed by atoms with Crippen LogP contribution in [0.15, 0.2) is 47.5 Å². The summed E-state index contributed by atoms with van der Waals surface area (Å²) in [6.07, 6.45) is 0.357. The molecule has 0 aliphatic carbocycles. The number of nitrogens with zero attached hydrogens (tertiary/aromatic N) is 2. The average Bonchev–Trinajstić information content (AvgIpc) is 2.81. The van der Waals surface area contributed by atoms with Crippen molar-refractivity contribution in [3.8, 4) is 5.75 Å². The van der Waals surface area contributed by atoms with Crippen LogP contribution in [0.4, 0.5) is 8.78 Å². The van der Waals surface area contributed by atoms with Crippen molar-refractivity contribution in [1.82, 2.24) is 15.5 Å². The first kappa shape index (κ1) is 23.0. The molecule has 0 bridgehead atoms. The lowest BCUT2D eigenvalue weighted by Crippen LogP contribution is -2.46. The molecule has 0 saturated carbocycles.